The number of carbonyl (C=O) groups is 1. The Labute approximate surface area is 142 Å². The first-order chi connectivity index (χ1) is 11.5. The molecule has 0 atom stereocenters. The van der Waals surface area contributed by atoms with Gasteiger partial charge in [0.2, 0.25) is 5.91 Å². The molecule has 5 nitrogen and oxygen atoms in total. The number of pyridine rings is 1. The lowest BCUT2D eigenvalue weighted by atomic mass is 10.1. The summed E-state index contributed by atoms with van der Waals surface area (Å²) in [6, 6.07) is 8.22. The van der Waals surface area contributed by atoms with Crippen LogP contribution in [-0.4, -0.2) is 20.7 Å². The largest absolute Gasteiger partial charge is 0.308 e. The van der Waals surface area contributed by atoms with Gasteiger partial charge >= 0.3 is 0 Å². The van der Waals surface area contributed by atoms with Crippen molar-refractivity contribution in [1.29, 1.82) is 0 Å². The van der Waals surface area contributed by atoms with Crippen molar-refractivity contribution in [3.05, 3.63) is 29.8 Å². The fraction of sp³-hybridized carbons (Fsp3) is 0.421. The lowest BCUT2D eigenvalue weighted by Crippen LogP contribution is -2.18. The number of unbranched alkanes of at least 4 members (excludes halogenated alkanes) is 1. The van der Waals surface area contributed by atoms with Crippen molar-refractivity contribution < 1.29 is 4.79 Å². The van der Waals surface area contributed by atoms with E-state index >= 15 is 0 Å². The maximum atomic E-state index is 12.1. The van der Waals surface area contributed by atoms with Gasteiger partial charge in [-0.25, -0.2) is 9.67 Å². The van der Waals surface area contributed by atoms with Crippen LogP contribution in [0.3, 0.4) is 0 Å². The third-order valence-electron chi connectivity index (χ3n) is 4.24. The first-order valence-corrected chi connectivity index (χ1v) is 8.59. The number of amides is 1. The molecule has 0 spiro atoms. The van der Waals surface area contributed by atoms with Gasteiger partial charge in [0.25, 0.3) is 0 Å². The molecule has 0 aliphatic heterocycles. The number of rotatable bonds is 5. The van der Waals surface area contributed by atoms with Crippen LogP contribution in [0.15, 0.2) is 24.3 Å². The molecule has 24 heavy (non-hydrogen) atoms. The number of nitrogens with one attached hydrogen (secondary N) is 1. The first-order valence-electron chi connectivity index (χ1n) is 8.59. The van der Waals surface area contributed by atoms with E-state index in [2.05, 4.69) is 36.4 Å². The maximum absolute atomic E-state index is 12.1. The summed E-state index contributed by atoms with van der Waals surface area (Å²) in [5.74, 6) is 0.494. The van der Waals surface area contributed by atoms with Crippen molar-refractivity contribution in [1.82, 2.24) is 14.8 Å². The zero-order valence-corrected chi connectivity index (χ0v) is 14.8. The predicted octanol–water partition coefficient (Wildman–Crippen LogP) is 4.29. The van der Waals surface area contributed by atoms with E-state index in [4.69, 9.17) is 4.98 Å². The summed E-state index contributed by atoms with van der Waals surface area (Å²) in [4.78, 5) is 17.0. The van der Waals surface area contributed by atoms with Gasteiger partial charge < -0.3 is 5.32 Å². The third kappa shape index (κ3) is 2.98. The lowest BCUT2D eigenvalue weighted by molar-refractivity contribution is -0.118. The molecule has 0 saturated heterocycles. The van der Waals surface area contributed by atoms with Gasteiger partial charge in [-0.1, -0.05) is 45.4 Å². The van der Waals surface area contributed by atoms with Crippen LogP contribution >= 0.6 is 0 Å². The highest BCUT2D eigenvalue weighted by Crippen LogP contribution is 2.27. The number of nitrogens with zero attached hydrogens (tertiary/aromatic N) is 3. The summed E-state index contributed by atoms with van der Waals surface area (Å²) in [5, 5.41) is 9.54. The van der Waals surface area contributed by atoms with Gasteiger partial charge in [0.1, 0.15) is 0 Å². The summed E-state index contributed by atoms with van der Waals surface area (Å²) in [5.41, 5.74) is 2.97. The van der Waals surface area contributed by atoms with Crippen molar-refractivity contribution in [2.45, 2.75) is 47.1 Å². The molecule has 1 N–H and O–H groups in total. The highest BCUT2D eigenvalue weighted by molar-refractivity contribution is 6.03. The number of para-hydroxylation sites is 1. The molecule has 0 aliphatic rings. The molecular formula is C19H24N4O. The number of carbonyl (C=O) groups excluding carboxylic acids is 1. The average molecular weight is 324 g/mol. The molecule has 0 fully saturated rings. The van der Waals surface area contributed by atoms with Crippen LogP contribution in [0.25, 0.3) is 21.9 Å². The fourth-order valence-electron chi connectivity index (χ4n) is 2.75. The summed E-state index contributed by atoms with van der Waals surface area (Å²) in [7, 11) is 0. The van der Waals surface area contributed by atoms with Gasteiger partial charge in [0, 0.05) is 17.8 Å². The van der Waals surface area contributed by atoms with Crippen LogP contribution < -0.4 is 5.32 Å². The van der Waals surface area contributed by atoms with Crippen LogP contribution in [-0.2, 0) is 11.3 Å². The monoisotopic (exact) mass is 324 g/mol. The van der Waals surface area contributed by atoms with Gasteiger partial charge in [-0.05, 0) is 25.0 Å². The van der Waals surface area contributed by atoms with Gasteiger partial charge in [0.15, 0.2) is 11.5 Å². The van der Waals surface area contributed by atoms with Crippen molar-refractivity contribution in [2.24, 2.45) is 5.92 Å². The Morgan fingerprint density at radius 1 is 1.33 bits per heavy atom. The van der Waals surface area contributed by atoms with Gasteiger partial charge in [0.05, 0.1) is 10.9 Å². The third-order valence-corrected chi connectivity index (χ3v) is 4.24. The SMILES string of the molecule is CCCCn1nc(NC(=O)C(C)C)c2cc3cccc(C)c3nc21. The van der Waals surface area contributed by atoms with E-state index in [9.17, 15) is 4.79 Å². The Bertz CT molecular complexity index is 895. The number of hydrogen-bond acceptors (Lipinski definition) is 3. The smallest absolute Gasteiger partial charge is 0.228 e. The zero-order chi connectivity index (χ0) is 17.3. The topological polar surface area (TPSA) is 59.8 Å². The predicted molar refractivity (Wildman–Crippen MR) is 98.1 cm³/mol. The lowest BCUT2D eigenvalue weighted by Gasteiger charge is -2.05. The summed E-state index contributed by atoms with van der Waals surface area (Å²) >= 11 is 0. The molecule has 1 amide bonds. The molecule has 0 aliphatic carbocycles. The number of aryl methyl sites for hydroxylation is 2. The Morgan fingerprint density at radius 3 is 2.83 bits per heavy atom. The first kappa shape index (κ1) is 16.4. The molecule has 0 unspecified atom stereocenters. The van der Waals surface area contributed by atoms with E-state index in [1.165, 1.54) is 0 Å². The van der Waals surface area contributed by atoms with E-state index < -0.39 is 0 Å². The van der Waals surface area contributed by atoms with Crippen LogP contribution in [0.5, 0.6) is 0 Å². The number of aromatic nitrogens is 3. The maximum Gasteiger partial charge on any atom is 0.228 e. The van der Waals surface area contributed by atoms with Gasteiger partial charge in [-0.3, -0.25) is 4.79 Å². The minimum atomic E-state index is -0.0866. The molecule has 0 radical (unpaired) electrons. The number of hydrogen-bond donors (Lipinski definition) is 1. The minimum absolute atomic E-state index is 0.0265. The molecule has 126 valence electrons. The quantitative estimate of drug-likeness (QED) is 0.761. The molecule has 5 heteroatoms. The van der Waals surface area contributed by atoms with Gasteiger partial charge in [-0.2, -0.15) is 5.10 Å². The summed E-state index contributed by atoms with van der Waals surface area (Å²) in [6.45, 7) is 8.77. The zero-order valence-electron chi connectivity index (χ0n) is 14.8. The van der Waals surface area contributed by atoms with Crippen molar-refractivity contribution in [2.75, 3.05) is 5.32 Å². The minimum Gasteiger partial charge on any atom is -0.308 e. The van der Waals surface area contributed by atoms with Crippen molar-refractivity contribution in [3.8, 4) is 0 Å². The number of anilines is 1. The Balaban J connectivity index is 2.18. The molecule has 2 aromatic heterocycles. The normalized spacial score (nSPS) is 11.5. The standard InChI is InChI=1S/C19H24N4O/c1-5-6-10-23-18-15(17(22-23)21-19(24)12(2)3)11-14-9-7-8-13(4)16(14)20-18/h7-9,11-12H,5-6,10H2,1-4H3,(H,21,22,24). The van der Waals surface area contributed by atoms with Crippen molar-refractivity contribution in [3.63, 3.8) is 0 Å². The Hall–Kier alpha value is -2.43. The number of fused-ring (bicyclic) bond motifs is 2. The molecule has 3 rings (SSSR count). The molecule has 1 aromatic carbocycles. The highest BCUT2D eigenvalue weighted by Gasteiger charge is 2.17. The fourth-order valence-corrected chi connectivity index (χ4v) is 2.75. The highest BCUT2D eigenvalue weighted by atomic mass is 16.1. The average Bonchev–Trinajstić information content (AvgIpc) is 2.88. The van der Waals surface area contributed by atoms with Crippen molar-refractivity contribution >= 4 is 33.7 Å². The van der Waals surface area contributed by atoms with E-state index in [1.54, 1.807) is 0 Å². The van der Waals surface area contributed by atoms with E-state index in [1.807, 2.05) is 30.7 Å². The molecular weight excluding hydrogens is 300 g/mol. The van der Waals surface area contributed by atoms with Crippen LogP contribution in [0.1, 0.15) is 39.2 Å². The Kier molecular flexibility index (Phi) is 4.51. The summed E-state index contributed by atoms with van der Waals surface area (Å²) < 4.78 is 1.92. The van der Waals surface area contributed by atoms with E-state index in [0.29, 0.717) is 5.82 Å². The van der Waals surface area contributed by atoms with Gasteiger partial charge in [-0.15, -0.1) is 0 Å². The second-order valence-electron chi connectivity index (χ2n) is 6.58. The molecule has 3 aromatic rings. The van der Waals surface area contributed by atoms with E-state index in [0.717, 1.165) is 46.9 Å². The molecule has 0 bridgehead atoms. The van der Waals surface area contributed by atoms with Crippen LogP contribution in [0.2, 0.25) is 0 Å². The Morgan fingerprint density at radius 2 is 2.12 bits per heavy atom. The number of benzene rings is 1. The summed E-state index contributed by atoms with van der Waals surface area (Å²) in [6.07, 6.45) is 2.11. The van der Waals surface area contributed by atoms with E-state index in [-0.39, 0.29) is 11.8 Å². The second kappa shape index (κ2) is 6.59. The van der Waals surface area contributed by atoms with Crippen LogP contribution in [0.4, 0.5) is 5.82 Å². The molecule has 0 saturated carbocycles. The van der Waals surface area contributed by atoms with Crippen LogP contribution in [0, 0.1) is 12.8 Å². The molecule has 2 heterocycles. The second-order valence-corrected chi connectivity index (χ2v) is 6.58.